The minimum atomic E-state index is -0.168. The lowest BCUT2D eigenvalue weighted by molar-refractivity contribution is -0.107. The van der Waals surface area contributed by atoms with Gasteiger partial charge in [-0.1, -0.05) is 17.7 Å². The van der Waals surface area contributed by atoms with Crippen LogP contribution in [0.15, 0.2) is 48.5 Å². The van der Waals surface area contributed by atoms with Crippen molar-refractivity contribution in [3.63, 3.8) is 0 Å². The predicted octanol–water partition coefficient (Wildman–Crippen LogP) is 4.37. The van der Waals surface area contributed by atoms with E-state index in [9.17, 15) is 9.59 Å². The maximum Gasteiger partial charge on any atom is 0.258 e. The third-order valence-corrected chi connectivity index (χ3v) is 4.52. The highest BCUT2D eigenvalue weighted by atomic mass is 35.5. The van der Waals surface area contributed by atoms with Gasteiger partial charge in [-0.2, -0.15) is 0 Å². The topological polar surface area (TPSA) is 46.6 Å². The standard InChI is InChI=1S/C20H18ClNO3/c1-13-11-15(9-10-23)18-12-17(25-2)7-8-19(18)22(13)20(24)14-3-5-16(21)6-4-14/h3-8,10-13H,9H2,1-2H3/t13-/m0/s1. The van der Waals surface area contributed by atoms with Gasteiger partial charge < -0.3 is 14.4 Å². The van der Waals surface area contributed by atoms with Gasteiger partial charge in [0.05, 0.1) is 18.8 Å². The number of hydrogen-bond acceptors (Lipinski definition) is 3. The Balaban J connectivity index is 2.08. The molecular formula is C20H18ClNO3. The number of benzene rings is 2. The summed E-state index contributed by atoms with van der Waals surface area (Å²) in [5.74, 6) is 0.570. The minimum absolute atomic E-state index is 0.114. The summed E-state index contributed by atoms with van der Waals surface area (Å²) in [6.45, 7) is 1.94. The number of allylic oxidation sites excluding steroid dienone is 1. The maximum atomic E-state index is 13.1. The molecule has 0 bridgehead atoms. The average Bonchev–Trinajstić information content (AvgIpc) is 2.62. The summed E-state index contributed by atoms with van der Waals surface area (Å²) in [6.07, 6.45) is 3.12. The molecule has 0 N–H and O–H groups in total. The second kappa shape index (κ2) is 7.11. The molecule has 4 nitrogen and oxygen atoms in total. The van der Waals surface area contributed by atoms with Crippen molar-refractivity contribution in [3.8, 4) is 5.75 Å². The Morgan fingerprint density at radius 2 is 1.96 bits per heavy atom. The lowest BCUT2D eigenvalue weighted by Gasteiger charge is -2.34. The van der Waals surface area contributed by atoms with Gasteiger partial charge in [0.15, 0.2) is 0 Å². The number of halogens is 1. The largest absolute Gasteiger partial charge is 0.497 e. The number of hydrogen-bond donors (Lipinski definition) is 0. The van der Waals surface area contributed by atoms with Crippen molar-refractivity contribution in [3.05, 3.63) is 64.7 Å². The van der Waals surface area contributed by atoms with Crippen molar-refractivity contribution in [2.75, 3.05) is 12.0 Å². The van der Waals surface area contributed by atoms with Gasteiger partial charge in [0, 0.05) is 22.6 Å². The number of nitrogens with zero attached hydrogens (tertiary/aromatic N) is 1. The van der Waals surface area contributed by atoms with E-state index >= 15 is 0 Å². The molecule has 25 heavy (non-hydrogen) atoms. The minimum Gasteiger partial charge on any atom is -0.497 e. The zero-order chi connectivity index (χ0) is 18.0. The van der Waals surface area contributed by atoms with Crippen molar-refractivity contribution in [1.29, 1.82) is 0 Å². The molecule has 5 heteroatoms. The Morgan fingerprint density at radius 3 is 2.60 bits per heavy atom. The number of fused-ring (bicyclic) bond motifs is 1. The van der Waals surface area contributed by atoms with E-state index in [1.165, 1.54) is 0 Å². The fourth-order valence-electron chi connectivity index (χ4n) is 3.08. The van der Waals surface area contributed by atoms with Gasteiger partial charge >= 0.3 is 0 Å². The van der Waals surface area contributed by atoms with E-state index in [4.69, 9.17) is 16.3 Å². The molecule has 1 atom stereocenters. The van der Waals surface area contributed by atoms with Crippen molar-refractivity contribution in [1.82, 2.24) is 0 Å². The van der Waals surface area contributed by atoms with E-state index in [-0.39, 0.29) is 11.9 Å². The summed E-state index contributed by atoms with van der Waals surface area (Å²) in [5, 5.41) is 0.585. The summed E-state index contributed by atoms with van der Waals surface area (Å²) >= 11 is 5.92. The van der Waals surface area contributed by atoms with Gasteiger partial charge in [-0.3, -0.25) is 4.79 Å². The smallest absolute Gasteiger partial charge is 0.258 e. The molecule has 0 spiro atoms. The molecule has 1 aliphatic heterocycles. The third-order valence-electron chi connectivity index (χ3n) is 4.27. The first-order valence-electron chi connectivity index (χ1n) is 7.97. The molecule has 1 aliphatic rings. The zero-order valence-corrected chi connectivity index (χ0v) is 14.8. The van der Waals surface area contributed by atoms with Crippen LogP contribution in [-0.2, 0) is 4.79 Å². The number of carbonyl (C=O) groups excluding carboxylic acids is 2. The molecule has 0 radical (unpaired) electrons. The molecule has 2 aromatic rings. The average molecular weight is 356 g/mol. The number of anilines is 1. The molecule has 3 rings (SSSR count). The molecule has 0 unspecified atom stereocenters. The van der Waals surface area contributed by atoms with Gasteiger partial charge in [-0.15, -0.1) is 0 Å². The fourth-order valence-corrected chi connectivity index (χ4v) is 3.20. The Morgan fingerprint density at radius 1 is 1.24 bits per heavy atom. The van der Waals surface area contributed by atoms with Crippen LogP contribution in [0.5, 0.6) is 5.75 Å². The molecule has 1 amide bonds. The maximum absolute atomic E-state index is 13.1. The summed E-state index contributed by atoms with van der Waals surface area (Å²) in [5.41, 5.74) is 3.07. The van der Waals surface area contributed by atoms with Crippen LogP contribution in [0.1, 0.15) is 29.3 Å². The van der Waals surface area contributed by atoms with Crippen molar-refractivity contribution < 1.29 is 14.3 Å². The Kier molecular flexibility index (Phi) is 4.91. The van der Waals surface area contributed by atoms with Crippen LogP contribution in [-0.4, -0.2) is 25.3 Å². The van der Waals surface area contributed by atoms with Crippen molar-refractivity contribution in [2.24, 2.45) is 0 Å². The molecule has 1 heterocycles. The number of carbonyl (C=O) groups is 2. The van der Waals surface area contributed by atoms with Gasteiger partial charge in [-0.05, 0) is 55.0 Å². The van der Waals surface area contributed by atoms with Crippen molar-refractivity contribution in [2.45, 2.75) is 19.4 Å². The lowest BCUT2D eigenvalue weighted by Crippen LogP contribution is -2.40. The highest BCUT2D eigenvalue weighted by molar-refractivity contribution is 6.30. The van der Waals surface area contributed by atoms with E-state index < -0.39 is 0 Å². The van der Waals surface area contributed by atoms with E-state index in [2.05, 4.69) is 0 Å². The van der Waals surface area contributed by atoms with Crippen LogP contribution in [0, 0.1) is 0 Å². The second-order valence-electron chi connectivity index (χ2n) is 5.87. The van der Waals surface area contributed by atoms with Crippen LogP contribution in [0.4, 0.5) is 5.69 Å². The Hall–Kier alpha value is -2.59. The number of rotatable bonds is 4. The quantitative estimate of drug-likeness (QED) is 0.765. The molecule has 128 valence electrons. The molecule has 0 aromatic heterocycles. The second-order valence-corrected chi connectivity index (χ2v) is 6.30. The molecule has 0 fully saturated rings. The van der Waals surface area contributed by atoms with Crippen LogP contribution in [0.3, 0.4) is 0 Å². The Labute approximate surface area is 151 Å². The number of aldehydes is 1. The van der Waals surface area contributed by atoms with Crippen LogP contribution in [0.2, 0.25) is 5.02 Å². The molecular weight excluding hydrogens is 338 g/mol. The number of ether oxygens (including phenoxy) is 1. The van der Waals surface area contributed by atoms with Gasteiger partial charge in [0.2, 0.25) is 0 Å². The first kappa shape index (κ1) is 17.2. The van der Waals surface area contributed by atoms with E-state index in [1.807, 2.05) is 31.2 Å². The Bertz CT molecular complexity index is 843. The summed E-state index contributed by atoms with van der Waals surface area (Å²) in [6, 6.07) is 12.2. The monoisotopic (exact) mass is 355 g/mol. The van der Waals surface area contributed by atoms with Gasteiger partial charge in [0.25, 0.3) is 5.91 Å². The molecule has 2 aromatic carbocycles. The fraction of sp³-hybridized carbons (Fsp3) is 0.200. The van der Waals surface area contributed by atoms with Gasteiger partial charge in [-0.25, -0.2) is 0 Å². The first-order valence-corrected chi connectivity index (χ1v) is 8.35. The SMILES string of the molecule is COc1ccc2c(c1)C(CC=O)=C[C@H](C)N2C(=O)c1ccc(Cl)cc1. The summed E-state index contributed by atoms with van der Waals surface area (Å²) in [7, 11) is 1.59. The predicted molar refractivity (Wildman–Crippen MR) is 99.4 cm³/mol. The highest BCUT2D eigenvalue weighted by Gasteiger charge is 2.29. The normalized spacial score (nSPS) is 16.0. The zero-order valence-electron chi connectivity index (χ0n) is 14.0. The number of amides is 1. The molecule has 0 saturated carbocycles. The molecule has 0 saturated heterocycles. The van der Waals surface area contributed by atoms with Crippen LogP contribution < -0.4 is 9.64 Å². The van der Waals surface area contributed by atoms with E-state index in [0.717, 1.165) is 23.1 Å². The highest BCUT2D eigenvalue weighted by Crippen LogP contribution is 2.38. The van der Waals surface area contributed by atoms with Crippen LogP contribution >= 0.6 is 11.6 Å². The third kappa shape index (κ3) is 3.30. The first-order chi connectivity index (χ1) is 12.0. The summed E-state index contributed by atoms with van der Waals surface area (Å²) < 4.78 is 5.29. The summed E-state index contributed by atoms with van der Waals surface area (Å²) in [4.78, 5) is 25.8. The lowest BCUT2D eigenvalue weighted by atomic mass is 9.93. The van der Waals surface area contributed by atoms with E-state index in [1.54, 1.807) is 36.3 Å². The number of methoxy groups -OCH3 is 1. The van der Waals surface area contributed by atoms with Crippen LogP contribution in [0.25, 0.3) is 5.57 Å². The molecule has 0 aliphatic carbocycles. The van der Waals surface area contributed by atoms with Crippen molar-refractivity contribution >= 4 is 35.1 Å². The van der Waals surface area contributed by atoms with Gasteiger partial charge in [0.1, 0.15) is 12.0 Å². The van der Waals surface area contributed by atoms with E-state index in [0.29, 0.717) is 22.8 Å².